The number of nitrogens with one attached hydrogen (secondary N) is 1. The van der Waals surface area contributed by atoms with Gasteiger partial charge in [0.2, 0.25) is 0 Å². The number of halogens is 1. The van der Waals surface area contributed by atoms with E-state index in [9.17, 15) is 4.79 Å². The largest absolute Gasteiger partial charge is 0.348 e. The molecule has 2 rings (SSSR count). The summed E-state index contributed by atoms with van der Waals surface area (Å²) >= 11 is 9.24. The number of carbonyl (C=O) groups is 1. The van der Waals surface area contributed by atoms with E-state index in [-0.39, 0.29) is 5.91 Å². The van der Waals surface area contributed by atoms with Gasteiger partial charge in [0.25, 0.3) is 5.91 Å². The minimum Gasteiger partial charge on any atom is -0.348 e. The molecule has 0 aliphatic rings. The molecule has 0 radical (unpaired) electrons. The zero-order valence-corrected chi connectivity index (χ0v) is 12.1. The predicted molar refractivity (Wildman–Crippen MR) is 76.9 cm³/mol. The minimum absolute atomic E-state index is 0.103. The van der Waals surface area contributed by atoms with Gasteiger partial charge < -0.3 is 5.32 Å². The van der Waals surface area contributed by atoms with Crippen molar-refractivity contribution >= 4 is 45.8 Å². The van der Waals surface area contributed by atoms with Crippen LogP contribution in [-0.4, -0.2) is 5.91 Å². The van der Waals surface area contributed by atoms with Crippen molar-refractivity contribution in [1.82, 2.24) is 5.32 Å². The van der Waals surface area contributed by atoms with Crippen LogP contribution < -0.4 is 5.32 Å². The smallest absolute Gasteiger partial charge is 0.252 e. The lowest BCUT2D eigenvalue weighted by molar-refractivity contribution is 0.0948. The molecule has 0 atom stereocenters. The standard InChI is InChI=1S/C12H10BrNOS2/c13-9-1-2-10(11(16)5-9)12(15)14-6-8-3-4-17-7-8/h1-5,7,16H,6H2,(H,14,15). The Kier molecular flexibility index (Phi) is 4.25. The molecule has 88 valence electrons. The molecule has 0 bridgehead atoms. The van der Waals surface area contributed by atoms with Gasteiger partial charge in [0.05, 0.1) is 5.56 Å². The molecule has 0 saturated carbocycles. The second-order valence-corrected chi connectivity index (χ2v) is 5.65. The Balaban J connectivity index is 2.04. The third-order valence-corrected chi connectivity index (χ3v) is 3.83. The molecule has 0 unspecified atom stereocenters. The highest BCUT2D eigenvalue weighted by molar-refractivity contribution is 9.10. The number of rotatable bonds is 3. The van der Waals surface area contributed by atoms with Crippen molar-refractivity contribution in [1.29, 1.82) is 0 Å². The summed E-state index contributed by atoms with van der Waals surface area (Å²) in [5.41, 5.74) is 1.70. The first-order valence-corrected chi connectivity index (χ1v) is 7.13. The van der Waals surface area contributed by atoms with E-state index in [1.165, 1.54) is 0 Å². The van der Waals surface area contributed by atoms with Crippen molar-refractivity contribution < 1.29 is 4.79 Å². The molecule has 0 spiro atoms. The Bertz CT molecular complexity index is 525. The van der Waals surface area contributed by atoms with Gasteiger partial charge in [-0.25, -0.2) is 0 Å². The maximum atomic E-state index is 11.9. The number of carbonyl (C=O) groups excluding carboxylic acids is 1. The average Bonchev–Trinajstić information content (AvgIpc) is 2.78. The molecular formula is C12H10BrNOS2. The summed E-state index contributed by atoms with van der Waals surface area (Å²) in [6.45, 7) is 0.547. The van der Waals surface area contributed by atoms with Gasteiger partial charge in [-0.1, -0.05) is 15.9 Å². The predicted octanol–water partition coefficient (Wildman–Crippen LogP) is 3.73. The monoisotopic (exact) mass is 327 g/mol. The number of amides is 1. The van der Waals surface area contributed by atoms with E-state index in [0.29, 0.717) is 17.0 Å². The summed E-state index contributed by atoms with van der Waals surface area (Å²) in [6.07, 6.45) is 0. The Morgan fingerprint density at radius 2 is 2.24 bits per heavy atom. The minimum atomic E-state index is -0.103. The van der Waals surface area contributed by atoms with Gasteiger partial charge in [-0.3, -0.25) is 4.79 Å². The molecule has 1 amide bonds. The van der Waals surface area contributed by atoms with E-state index in [1.807, 2.05) is 29.0 Å². The summed E-state index contributed by atoms with van der Waals surface area (Å²) in [4.78, 5) is 12.6. The first-order chi connectivity index (χ1) is 8.16. The van der Waals surface area contributed by atoms with Crippen LogP contribution in [0.3, 0.4) is 0 Å². The Labute approximate surface area is 118 Å². The SMILES string of the molecule is O=C(NCc1ccsc1)c1ccc(Br)cc1S. The lowest BCUT2D eigenvalue weighted by Gasteiger charge is -2.06. The molecule has 5 heteroatoms. The summed E-state index contributed by atoms with van der Waals surface area (Å²) in [5, 5.41) is 6.87. The third kappa shape index (κ3) is 3.34. The van der Waals surface area contributed by atoms with E-state index < -0.39 is 0 Å². The zero-order chi connectivity index (χ0) is 12.3. The second kappa shape index (κ2) is 5.71. The summed E-state index contributed by atoms with van der Waals surface area (Å²) in [5.74, 6) is -0.103. The maximum absolute atomic E-state index is 11.9. The van der Waals surface area contributed by atoms with E-state index in [4.69, 9.17) is 0 Å². The molecule has 2 nitrogen and oxygen atoms in total. The van der Waals surface area contributed by atoms with Crippen molar-refractivity contribution in [3.8, 4) is 0 Å². The van der Waals surface area contributed by atoms with Crippen molar-refractivity contribution in [2.75, 3.05) is 0 Å². The highest BCUT2D eigenvalue weighted by Gasteiger charge is 2.09. The van der Waals surface area contributed by atoms with Gasteiger partial charge in [-0.15, -0.1) is 12.6 Å². The van der Waals surface area contributed by atoms with E-state index in [1.54, 1.807) is 17.4 Å². The maximum Gasteiger partial charge on any atom is 0.252 e. The molecule has 17 heavy (non-hydrogen) atoms. The fourth-order valence-electron chi connectivity index (χ4n) is 1.37. The van der Waals surface area contributed by atoms with Crippen LogP contribution in [-0.2, 0) is 6.54 Å². The van der Waals surface area contributed by atoms with Crippen LogP contribution in [0.2, 0.25) is 0 Å². The summed E-state index contributed by atoms with van der Waals surface area (Å²) in [7, 11) is 0. The van der Waals surface area contributed by atoms with Crippen molar-refractivity contribution in [3.63, 3.8) is 0 Å². The second-order valence-electron chi connectivity index (χ2n) is 3.48. The zero-order valence-electron chi connectivity index (χ0n) is 8.81. The van der Waals surface area contributed by atoms with Gasteiger partial charge in [-0.05, 0) is 40.6 Å². The van der Waals surface area contributed by atoms with Crippen molar-refractivity contribution in [3.05, 3.63) is 50.6 Å². The first kappa shape index (κ1) is 12.7. The van der Waals surface area contributed by atoms with Crippen LogP contribution >= 0.6 is 39.9 Å². The van der Waals surface area contributed by atoms with Gasteiger partial charge >= 0.3 is 0 Å². The number of hydrogen-bond donors (Lipinski definition) is 2. The molecule has 2 aromatic rings. The van der Waals surface area contributed by atoms with Crippen LogP contribution in [0.1, 0.15) is 15.9 Å². The van der Waals surface area contributed by atoms with Crippen LogP contribution in [0.4, 0.5) is 0 Å². The molecule has 0 fully saturated rings. The van der Waals surface area contributed by atoms with Gasteiger partial charge in [0.15, 0.2) is 0 Å². The van der Waals surface area contributed by atoms with Crippen molar-refractivity contribution in [2.45, 2.75) is 11.4 Å². The van der Waals surface area contributed by atoms with E-state index >= 15 is 0 Å². The summed E-state index contributed by atoms with van der Waals surface area (Å²) in [6, 6.07) is 7.39. The third-order valence-electron chi connectivity index (χ3n) is 2.24. The molecule has 1 heterocycles. The normalized spacial score (nSPS) is 10.2. The van der Waals surface area contributed by atoms with Gasteiger partial charge in [0, 0.05) is 15.9 Å². The highest BCUT2D eigenvalue weighted by Crippen LogP contribution is 2.19. The number of thiol groups is 1. The molecule has 1 N–H and O–H groups in total. The molecule has 0 aliphatic carbocycles. The Morgan fingerprint density at radius 1 is 1.41 bits per heavy atom. The quantitative estimate of drug-likeness (QED) is 0.826. The van der Waals surface area contributed by atoms with Crippen LogP contribution in [0.5, 0.6) is 0 Å². The molecular weight excluding hydrogens is 318 g/mol. The van der Waals surface area contributed by atoms with Crippen molar-refractivity contribution in [2.24, 2.45) is 0 Å². The molecule has 0 saturated heterocycles. The van der Waals surface area contributed by atoms with E-state index in [2.05, 4.69) is 33.9 Å². The Morgan fingerprint density at radius 3 is 2.88 bits per heavy atom. The molecule has 0 aliphatic heterocycles. The molecule has 1 aromatic carbocycles. The van der Waals surface area contributed by atoms with Gasteiger partial charge in [-0.2, -0.15) is 11.3 Å². The number of benzene rings is 1. The lowest BCUT2D eigenvalue weighted by atomic mass is 10.2. The topological polar surface area (TPSA) is 29.1 Å². The van der Waals surface area contributed by atoms with Gasteiger partial charge in [0.1, 0.15) is 0 Å². The highest BCUT2D eigenvalue weighted by atomic mass is 79.9. The fourth-order valence-corrected chi connectivity index (χ4v) is 2.89. The first-order valence-electron chi connectivity index (χ1n) is 4.94. The lowest BCUT2D eigenvalue weighted by Crippen LogP contribution is -2.22. The van der Waals surface area contributed by atoms with Crippen LogP contribution in [0.15, 0.2) is 44.4 Å². The van der Waals surface area contributed by atoms with Crippen LogP contribution in [0, 0.1) is 0 Å². The summed E-state index contributed by atoms with van der Waals surface area (Å²) < 4.78 is 0.914. The average molecular weight is 328 g/mol. The van der Waals surface area contributed by atoms with E-state index in [0.717, 1.165) is 10.0 Å². The molecule has 1 aromatic heterocycles. The fraction of sp³-hybridized carbons (Fsp3) is 0.0833. The Hall–Kier alpha value is -0.780. The number of hydrogen-bond acceptors (Lipinski definition) is 3. The number of thiophene rings is 1. The van der Waals surface area contributed by atoms with Crippen LogP contribution in [0.25, 0.3) is 0 Å².